The van der Waals surface area contributed by atoms with Crippen molar-refractivity contribution in [3.05, 3.63) is 65.1 Å². The molecule has 0 aliphatic heterocycles. The standard InChI is InChI=1S/C21H14F3N9O/c22-21(23,24)14-3-1-2-13-16(14)29-20(28-15-9-25-6-7-26-19(15)34)33-18(13)30-17(31-33)11-8-27-32(10-11)12-4-5-12/h1-3,6-10,12H,4-5H2,(H,26,28,29,34). The Balaban J connectivity index is 1.60. The summed E-state index contributed by atoms with van der Waals surface area (Å²) in [6.45, 7) is 0. The Morgan fingerprint density at radius 3 is 2.74 bits per heavy atom. The summed E-state index contributed by atoms with van der Waals surface area (Å²) in [6, 6.07) is 4.07. The Kier molecular flexibility index (Phi) is 4.34. The van der Waals surface area contributed by atoms with Crippen LogP contribution in [0, 0.1) is 0 Å². The monoisotopic (exact) mass is 465 g/mol. The molecule has 0 saturated heterocycles. The van der Waals surface area contributed by atoms with Crippen LogP contribution in [-0.4, -0.2) is 39.3 Å². The number of rotatable bonds is 4. The van der Waals surface area contributed by atoms with E-state index in [-0.39, 0.29) is 34.0 Å². The molecule has 5 aromatic rings. The molecular weight excluding hydrogens is 451 g/mol. The number of hydrogen-bond donors (Lipinski definition) is 1. The van der Waals surface area contributed by atoms with Gasteiger partial charge in [0.15, 0.2) is 11.5 Å². The first-order valence-corrected chi connectivity index (χ1v) is 10.3. The van der Waals surface area contributed by atoms with Crippen LogP contribution in [0.1, 0.15) is 24.4 Å². The second-order valence-electron chi connectivity index (χ2n) is 7.80. The number of hydrogen-bond acceptors (Lipinski definition) is 8. The second-order valence-corrected chi connectivity index (χ2v) is 7.80. The van der Waals surface area contributed by atoms with Crippen molar-refractivity contribution in [1.29, 1.82) is 0 Å². The summed E-state index contributed by atoms with van der Waals surface area (Å²) in [4.78, 5) is 28.5. The van der Waals surface area contributed by atoms with Crippen molar-refractivity contribution in [3.8, 4) is 11.4 Å². The number of para-hydroxylation sites is 1. The van der Waals surface area contributed by atoms with Crippen LogP contribution in [0.3, 0.4) is 0 Å². The molecule has 0 amide bonds. The van der Waals surface area contributed by atoms with Gasteiger partial charge in [-0.2, -0.15) is 22.8 Å². The topological polar surface area (TPSA) is 116 Å². The number of aromatic nitrogens is 8. The molecule has 4 aromatic heterocycles. The van der Waals surface area contributed by atoms with Crippen LogP contribution in [-0.2, 0) is 6.18 Å². The van der Waals surface area contributed by atoms with Crippen molar-refractivity contribution in [2.24, 2.45) is 0 Å². The number of nitrogens with zero attached hydrogens (tertiary/aromatic N) is 8. The Hall–Kier alpha value is -4.42. The van der Waals surface area contributed by atoms with Gasteiger partial charge in [-0.15, -0.1) is 5.10 Å². The fraction of sp³-hybridized carbons (Fsp3) is 0.190. The molecule has 10 nitrogen and oxygen atoms in total. The zero-order valence-corrected chi connectivity index (χ0v) is 17.2. The summed E-state index contributed by atoms with van der Waals surface area (Å²) < 4.78 is 44.4. The summed E-state index contributed by atoms with van der Waals surface area (Å²) in [6.07, 6.45) is 4.57. The van der Waals surface area contributed by atoms with E-state index in [0.29, 0.717) is 11.6 Å². The molecule has 0 atom stereocenters. The van der Waals surface area contributed by atoms with Crippen molar-refractivity contribution in [2.75, 3.05) is 5.32 Å². The molecule has 1 N–H and O–H groups in total. The van der Waals surface area contributed by atoms with E-state index in [2.05, 4.69) is 35.5 Å². The first kappa shape index (κ1) is 20.2. The number of anilines is 2. The molecule has 0 spiro atoms. The molecule has 0 unspecified atom stereocenters. The van der Waals surface area contributed by atoms with Crippen LogP contribution in [0.25, 0.3) is 27.9 Å². The number of benzene rings is 1. The summed E-state index contributed by atoms with van der Waals surface area (Å²) >= 11 is 0. The van der Waals surface area contributed by atoms with E-state index < -0.39 is 17.3 Å². The Bertz CT molecular complexity index is 1620. The first-order chi connectivity index (χ1) is 16.4. The highest BCUT2D eigenvalue weighted by Gasteiger charge is 2.34. The van der Waals surface area contributed by atoms with Crippen LogP contribution in [0.5, 0.6) is 0 Å². The Morgan fingerprint density at radius 1 is 1.09 bits per heavy atom. The minimum absolute atomic E-state index is 0.0822. The molecule has 6 rings (SSSR count). The second kappa shape index (κ2) is 7.30. The summed E-state index contributed by atoms with van der Waals surface area (Å²) in [7, 11) is 0. The number of nitrogens with one attached hydrogen (secondary N) is 1. The smallest absolute Gasteiger partial charge is 0.318 e. The maximum atomic E-state index is 13.8. The van der Waals surface area contributed by atoms with Gasteiger partial charge in [-0.3, -0.25) is 14.5 Å². The third kappa shape index (κ3) is 3.41. The molecule has 4 heterocycles. The highest BCUT2D eigenvalue weighted by Crippen LogP contribution is 2.37. The van der Waals surface area contributed by atoms with Gasteiger partial charge in [-0.05, 0) is 25.0 Å². The zero-order valence-electron chi connectivity index (χ0n) is 17.2. The molecule has 1 saturated carbocycles. The third-order valence-electron chi connectivity index (χ3n) is 5.41. The van der Waals surface area contributed by atoms with E-state index in [9.17, 15) is 18.0 Å². The molecule has 1 aliphatic carbocycles. The van der Waals surface area contributed by atoms with Gasteiger partial charge in [0.25, 0.3) is 5.56 Å². The Morgan fingerprint density at radius 2 is 1.94 bits per heavy atom. The van der Waals surface area contributed by atoms with E-state index in [4.69, 9.17) is 0 Å². The molecule has 1 aliphatic rings. The predicted molar refractivity (Wildman–Crippen MR) is 114 cm³/mol. The largest absolute Gasteiger partial charge is 0.418 e. The summed E-state index contributed by atoms with van der Waals surface area (Å²) in [5.74, 6) is 0.123. The van der Waals surface area contributed by atoms with Gasteiger partial charge in [-0.25, -0.2) is 15.0 Å². The lowest BCUT2D eigenvalue weighted by molar-refractivity contribution is -0.136. The minimum atomic E-state index is -4.65. The first-order valence-electron chi connectivity index (χ1n) is 10.3. The van der Waals surface area contributed by atoms with Gasteiger partial charge in [-0.1, -0.05) is 6.07 Å². The number of halogens is 3. The van der Waals surface area contributed by atoms with Crippen LogP contribution in [0.2, 0.25) is 0 Å². The molecular formula is C21H14F3N9O. The summed E-state index contributed by atoms with van der Waals surface area (Å²) in [5.41, 5.74) is -1.25. The lowest BCUT2D eigenvalue weighted by Crippen LogP contribution is -2.13. The van der Waals surface area contributed by atoms with Crippen molar-refractivity contribution in [2.45, 2.75) is 25.1 Å². The lowest BCUT2D eigenvalue weighted by Gasteiger charge is -2.12. The van der Waals surface area contributed by atoms with Gasteiger partial charge in [0.2, 0.25) is 5.95 Å². The lowest BCUT2D eigenvalue weighted by atomic mass is 10.1. The number of fused-ring (bicyclic) bond motifs is 3. The molecule has 0 bridgehead atoms. The Labute approximate surface area is 188 Å². The quantitative estimate of drug-likeness (QED) is 0.430. The molecule has 13 heteroatoms. The molecule has 34 heavy (non-hydrogen) atoms. The zero-order chi connectivity index (χ0) is 23.4. The van der Waals surface area contributed by atoms with Gasteiger partial charge in [0.05, 0.1) is 35.1 Å². The van der Waals surface area contributed by atoms with Crippen molar-refractivity contribution in [3.63, 3.8) is 0 Å². The average Bonchev–Trinajstić information content (AvgIpc) is 3.42. The van der Waals surface area contributed by atoms with E-state index in [1.165, 1.54) is 35.2 Å². The fourth-order valence-corrected chi connectivity index (χ4v) is 3.64. The van der Waals surface area contributed by atoms with E-state index in [1.807, 2.05) is 4.68 Å². The van der Waals surface area contributed by atoms with Gasteiger partial charge in [0, 0.05) is 24.0 Å². The fourth-order valence-electron chi connectivity index (χ4n) is 3.64. The highest BCUT2D eigenvalue weighted by molar-refractivity contribution is 5.95. The molecule has 1 fully saturated rings. The SMILES string of the molecule is O=c1nccncc1Nc1nc2c(C(F)(F)F)cccc2c2nc(-c3cnn(C4CC4)c3)nn12. The molecule has 1 aromatic carbocycles. The van der Waals surface area contributed by atoms with Crippen LogP contribution in [0.15, 0.2) is 54.0 Å². The van der Waals surface area contributed by atoms with E-state index >= 15 is 0 Å². The predicted octanol–water partition coefficient (Wildman–Crippen LogP) is 3.39. The molecule has 170 valence electrons. The highest BCUT2D eigenvalue weighted by atomic mass is 19.4. The van der Waals surface area contributed by atoms with Crippen LogP contribution < -0.4 is 10.9 Å². The molecule has 0 radical (unpaired) electrons. The number of alkyl halides is 3. The third-order valence-corrected chi connectivity index (χ3v) is 5.41. The van der Waals surface area contributed by atoms with E-state index in [0.717, 1.165) is 18.9 Å². The van der Waals surface area contributed by atoms with E-state index in [1.54, 1.807) is 12.4 Å². The van der Waals surface area contributed by atoms with Crippen molar-refractivity contribution < 1.29 is 13.2 Å². The van der Waals surface area contributed by atoms with Crippen molar-refractivity contribution in [1.82, 2.24) is 39.3 Å². The maximum absolute atomic E-state index is 13.8. The average molecular weight is 465 g/mol. The normalized spacial score (nSPS) is 14.1. The minimum Gasteiger partial charge on any atom is -0.318 e. The maximum Gasteiger partial charge on any atom is 0.418 e. The van der Waals surface area contributed by atoms with Crippen molar-refractivity contribution >= 4 is 28.2 Å². The summed E-state index contributed by atoms with van der Waals surface area (Å²) in [5, 5.41) is 11.7. The van der Waals surface area contributed by atoms with Gasteiger partial charge < -0.3 is 5.32 Å². The van der Waals surface area contributed by atoms with Crippen LogP contribution >= 0.6 is 0 Å². The van der Waals surface area contributed by atoms with Gasteiger partial charge in [0.1, 0.15) is 5.69 Å². The van der Waals surface area contributed by atoms with Crippen LogP contribution in [0.4, 0.5) is 24.8 Å². The van der Waals surface area contributed by atoms with Gasteiger partial charge >= 0.3 is 6.18 Å².